The molecule has 4 amide bonds. The molecule has 0 spiro atoms. The van der Waals surface area contributed by atoms with Gasteiger partial charge in [0, 0.05) is 65.4 Å². The van der Waals surface area contributed by atoms with Gasteiger partial charge in [-0.1, -0.05) is 0 Å². The van der Waals surface area contributed by atoms with Crippen LogP contribution in [-0.2, 0) is 33.2 Å². The van der Waals surface area contributed by atoms with Crippen LogP contribution in [-0.4, -0.2) is 170 Å². The van der Waals surface area contributed by atoms with Crippen molar-refractivity contribution < 1.29 is 47.6 Å². The maximum absolute atomic E-state index is 13.9. The highest BCUT2D eigenvalue weighted by atomic mass is 16.8. The average molecular weight is 819 g/mol. The second-order valence-corrected chi connectivity index (χ2v) is 18.1. The maximum Gasteiger partial charge on any atom is 0.410 e. The molecule has 0 aliphatic carbocycles. The van der Waals surface area contributed by atoms with E-state index < -0.39 is 71.3 Å². The van der Waals surface area contributed by atoms with E-state index in [9.17, 15) is 19.2 Å². The van der Waals surface area contributed by atoms with E-state index in [4.69, 9.17) is 34.2 Å². The quantitative estimate of drug-likeness (QED) is 0.415. The van der Waals surface area contributed by atoms with Crippen LogP contribution in [0.15, 0.2) is 12.7 Å². The van der Waals surface area contributed by atoms with E-state index in [1.54, 1.807) is 90.5 Å². The molecular weight excluding hydrogens is 756 g/mol. The molecule has 58 heavy (non-hydrogen) atoms. The Balaban J connectivity index is 1.31. The van der Waals surface area contributed by atoms with Crippen LogP contribution in [0.2, 0.25) is 0 Å². The third-order valence-corrected chi connectivity index (χ3v) is 9.28. The standard InChI is InChI=1S/C38H62N10O10/c1-35(2,3)56-32(50)45-16-14-44(15-17-46(33(51)57-36(4,5)6)19-21-47(20-18-45)34(52)58-37(7,8)9)13-12-40-30(49)26-25-27(55-38(10,11)54-25)31(53-26)48-23-43-24-28(39)41-22-42-29(24)48/h22-23,25-27,31H,12-21H2,1-11H3,(H,40,49)(H2,39,41,42)/t25-,26?,27-,31?/m1/s1. The van der Waals surface area contributed by atoms with Crippen LogP contribution in [0.4, 0.5) is 20.2 Å². The second-order valence-electron chi connectivity index (χ2n) is 18.1. The number of hydrogen-bond donors (Lipinski definition) is 2. The molecule has 2 unspecified atom stereocenters. The molecule has 0 radical (unpaired) electrons. The van der Waals surface area contributed by atoms with E-state index in [-0.39, 0.29) is 51.6 Å². The van der Waals surface area contributed by atoms with Crippen LogP contribution < -0.4 is 11.1 Å². The number of fused-ring (bicyclic) bond motifs is 2. The molecule has 324 valence electrons. The number of hydrogen-bond acceptors (Lipinski definition) is 15. The molecule has 3 fully saturated rings. The molecule has 5 heterocycles. The van der Waals surface area contributed by atoms with Crippen molar-refractivity contribution in [2.75, 3.05) is 71.2 Å². The van der Waals surface area contributed by atoms with E-state index >= 15 is 0 Å². The summed E-state index contributed by atoms with van der Waals surface area (Å²) >= 11 is 0. The summed E-state index contributed by atoms with van der Waals surface area (Å²) < 4.78 is 37.6. The first-order valence-electron chi connectivity index (χ1n) is 19.8. The first-order valence-corrected chi connectivity index (χ1v) is 19.8. The first-order chi connectivity index (χ1) is 26.9. The lowest BCUT2D eigenvalue weighted by atomic mass is 10.1. The lowest BCUT2D eigenvalue weighted by molar-refractivity contribution is -0.197. The van der Waals surface area contributed by atoms with Crippen molar-refractivity contribution in [2.45, 2.75) is 123 Å². The van der Waals surface area contributed by atoms with Crippen molar-refractivity contribution in [3.8, 4) is 0 Å². The molecule has 20 nitrogen and oxygen atoms in total. The molecule has 4 atom stereocenters. The van der Waals surface area contributed by atoms with E-state index in [1.165, 1.54) is 17.6 Å². The maximum atomic E-state index is 13.9. The van der Waals surface area contributed by atoms with Crippen molar-refractivity contribution in [2.24, 2.45) is 0 Å². The predicted molar refractivity (Wildman–Crippen MR) is 210 cm³/mol. The van der Waals surface area contributed by atoms with Crippen LogP contribution in [0.25, 0.3) is 11.2 Å². The number of imidazole rings is 1. The number of nitrogens with two attached hydrogens (primary N) is 1. The van der Waals surface area contributed by atoms with Crippen LogP contribution in [0.5, 0.6) is 0 Å². The molecular formula is C38H62N10O10. The van der Waals surface area contributed by atoms with E-state index in [0.29, 0.717) is 30.8 Å². The summed E-state index contributed by atoms with van der Waals surface area (Å²) in [5.74, 6) is -1.17. The number of carbonyl (C=O) groups is 4. The van der Waals surface area contributed by atoms with Crippen molar-refractivity contribution in [3.63, 3.8) is 0 Å². The summed E-state index contributed by atoms with van der Waals surface area (Å²) in [6.45, 7) is 21.9. The second kappa shape index (κ2) is 17.4. The topological polar surface area (TPSA) is 218 Å². The zero-order valence-electron chi connectivity index (χ0n) is 35.8. The Hall–Kier alpha value is -4.53. The van der Waals surface area contributed by atoms with Gasteiger partial charge in [0.05, 0.1) is 6.33 Å². The SMILES string of the molecule is CC(C)(C)OC(=O)N1CCN(CCNC(=O)C2OC(n3cnc4c(N)ncnc43)[C@@H]3OC(C)(C)O[C@H]23)CCN(C(=O)OC(C)(C)C)CCN(C(=O)OC(C)(C)C)CC1. The molecule has 3 N–H and O–H groups in total. The lowest BCUT2D eigenvalue weighted by Gasteiger charge is -2.35. The Morgan fingerprint density at radius 1 is 0.741 bits per heavy atom. The number of anilines is 1. The van der Waals surface area contributed by atoms with Gasteiger partial charge in [-0.05, 0) is 76.2 Å². The molecule has 5 rings (SSSR count). The van der Waals surface area contributed by atoms with Gasteiger partial charge in [0.25, 0.3) is 5.91 Å². The minimum Gasteiger partial charge on any atom is -0.444 e. The summed E-state index contributed by atoms with van der Waals surface area (Å²) in [5.41, 5.74) is 4.60. The number of carbonyl (C=O) groups excluding carboxylic acids is 4. The van der Waals surface area contributed by atoms with Gasteiger partial charge < -0.3 is 54.2 Å². The zero-order chi connectivity index (χ0) is 42.8. The van der Waals surface area contributed by atoms with Gasteiger partial charge in [0.2, 0.25) is 0 Å². The fourth-order valence-electron chi connectivity index (χ4n) is 6.71. The highest BCUT2D eigenvalue weighted by Gasteiger charge is 2.58. The molecule has 20 heteroatoms. The predicted octanol–water partition coefficient (Wildman–Crippen LogP) is 2.97. The number of amides is 4. The zero-order valence-corrected chi connectivity index (χ0v) is 35.8. The number of rotatable bonds is 5. The normalized spacial score (nSPS) is 23.8. The summed E-state index contributed by atoms with van der Waals surface area (Å²) in [5, 5.41) is 3.00. The Kier molecular flexibility index (Phi) is 13.3. The summed E-state index contributed by atoms with van der Waals surface area (Å²) in [6, 6.07) is 0. The molecule has 0 saturated carbocycles. The minimum atomic E-state index is -1.03. The van der Waals surface area contributed by atoms with Crippen molar-refractivity contribution >= 4 is 41.2 Å². The number of nitrogens with zero attached hydrogens (tertiary/aromatic N) is 8. The van der Waals surface area contributed by atoms with Crippen molar-refractivity contribution in [1.82, 2.24) is 44.4 Å². The third-order valence-electron chi connectivity index (χ3n) is 9.28. The summed E-state index contributed by atoms with van der Waals surface area (Å²) in [7, 11) is 0. The minimum absolute atomic E-state index is 0.134. The van der Waals surface area contributed by atoms with E-state index in [1.807, 2.05) is 4.90 Å². The molecule has 0 bridgehead atoms. The Bertz CT molecular complexity index is 1740. The molecule has 2 aromatic heterocycles. The molecule has 3 saturated heterocycles. The fraction of sp³-hybridized carbons (Fsp3) is 0.763. The third kappa shape index (κ3) is 11.8. The monoisotopic (exact) mass is 818 g/mol. The molecule has 2 aromatic rings. The number of nitrogens with one attached hydrogen (secondary N) is 1. The summed E-state index contributed by atoms with van der Waals surface area (Å²) in [6.07, 6.45) is -1.96. The van der Waals surface area contributed by atoms with Crippen molar-refractivity contribution in [1.29, 1.82) is 0 Å². The largest absolute Gasteiger partial charge is 0.444 e. The number of nitrogen functional groups attached to an aromatic ring is 1. The van der Waals surface area contributed by atoms with Crippen LogP contribution in [0, 0.1) is 0 Å². The Morgan fingerprint density at radius 3 is 1.69 bits per heavy atom. The Labute approximate surface area is 339 Å². The first kappa shape index (κ1) is 44.6. The van der Waals surface area contributed by atoms with Crippen LogP contribution in [0.1, 0.15) is 82.4 Å². The molecule has 3 aliphatic rings. The van der Waals surface area contributed by atoms with Crippen molar-refractivity contribution in [3.05, 3.63) is 12.7 Å². The van der Waals surface area contributed by atoms with Gasteiger partial charge in [-0.25, -0.2) is 29.3 Å². The fourth-order valence-corrected chi connectivity index (χ4v) is 6.71. The van der Waals surface area contributed by atoms with Gasteiger partial charge in [-0.2, -0.15) is 0 Å². The van der Waals surface area contributed by atoms with E-state index in [0.717, 1.165) is 0 Å². The van der Waals surface area contributed by atoms with Crippen LogP contribution in [0.3, 0.4) is 0 Å². The van der Waals surface area contributed by atoms with E-state index in [2.05, 4.69) is 20.3 Å². The Morgan fingerprint density at radius 2 is 1.21 bits per heavy atom. The molecule has 0 aromatic carbocycles. The highest BCUT2D eigenvalue weighted by molar-refractivity contribution is 5.83. The van der Waals surface area contributed by atoms with Gasteiger partial charge in [0.1, 0.15) is 40.9 Å². The number of ether oxygens (including phenoxy) is 6. The molecule has 3 aliphatic heterocycles. The van der Waals surface area contributed by atoms with Gasteiger partial charge in [0.15, 0.2) is 29.6 Å². The smallest absolute Gasteiger partial charge is 0.410 e. The lowest BCUT2D eigenvalue weighted by Crippen LogP contribution is -2.52. The van der Waals surface area contributed by atoms with Gasteiger partial charge in [-0.3, -0.25) is 14.3 Å². The van der Waals surface area contributed by atoms with Crippen LogP contribution >= 0.6 is 0 Å². The average Bonchev–Trinajstić information content (AvgIpc) is 3.74. The highest BCUT2D eigenvalue weighted by Crippen LogP contribution is 2.44. The van der Waals surface area contributed by atoms with Gasteiger partial charge in [-0.15, -0.1) is 0 Å². The number of aromatic nitrogens is 4. The summed E-state index contributed by atoms with van der Waals surface area (Å²) in [4.78, 5) is 73.5. The van der Waals surface area contributed by atoms with Gasteiger partial charge >= 0.3 is 18.3 Å².